The molecule has 0 bridgehead atoms. The van der Waals surface area contributed by atoms with E-state index in [0.29, 0.717) is 24.1 Å². The SMILES string of the molecule is CCC(NC[C@@H](O)[C@H](Cc1ccccc1)NC(=O)c1cccc(C(=O)N2CCCC2c2ccccc2)c1)c1cn[nH]c1. The van der Waals surface area contributed by atoms with Gasteiger partial charge in [0.15, 0.2) is 0 Å². The second-order valence-corrected chi connectivity index (χ2v) is 10.9. The molecule has 0 radical (unpaired) electrons. The number of benzene rings is 3. The average Bonchev–Trinajstić information content (AvgIpc) is 3.75. The Morgan fingerprint density at radius 1 is 1.02 bits per heavy atom. The maximum absolute atomic E-state index is 13.6. The Morgan fingerprint density at radius 2 is 1.76 bits per heavy atom. The van der Waals surface area contributed by atoms with E-state index in [2.05, 4.69) is 39.9 Å². The normalized spacial score (nSPS) is 17.0. The number of H-pyrrole nitrogens is 1. The number of aromatic nitrogens is 2. The minimum absolute atomic E-state index is 0.0273. The Labute approximate surface area is 247 Å². The van der Waals surface area contributed by atoms with Crippen molar-refractivity contribution in [3.63, 3.8) is 0 Å². The first-order valence-corrected chi connectivity index (χ1v) is 14.7. The van der Waals surface area contributed by atoms with Crippen LogP contribution in [-0.4, -0.2) is 57.3 Å². The van der Waals surface area contributed by atoms with Crippen LogP contribution in [-0.2, 0) is 6.42 Å². The highest BCUT2D eigenvalue weighted by Gasteiger charge is 2.31. The van der Waals surface area contributed by atoms with Crippen molar-refractivity contribution in [2.24, 2.45) is 0 Å². The number of aliphatic hydroxyl groups is 1. The molecule has 2 amide bonds. The fourth-order valence-corrected chi connectivity index (χ4v) is 5.75. The quantitative estimate of drug-likeness (QED) is 0.197. The van der Waals surface area contributed by atoms with Gasteiger partial charge in [-0.15, -0.1) is 0 Å². The van der Waals surface area contributed by atoms with Crippen molar-refractivity contribution >= 4 is 11.8 Å². The van der Waals surface area contributed by atoms with Gasteiger partial charge in [0.2, 0.25) is 0 Å². The zero-order valence-electron chi connectivity index (χ0n) is 23.9. The van der Waals surface area contributed by atoms with Crippen LogP contribution in [0.1, 0.15) is 75.7 Å². The molecule has 3 aromatic carbocycles. The lowest BCUT2D eigenvalue weighted by Crippen LogP contribution is -2.49. The molecule has 4 N–H and O–H groups in total. The van der Waals surface area contributed by atoms with Crippen molar-refractivity contribution in [3.05, 3.63) is 125 Å². The van der Waals surface area contributed by atoms with Gasteiger partial charge in [-0.3, -0.25) is 14.7 Å². The van der Waals surface area contributed by atoms with Crippen LogP contribution in [0.25, 0.3) is 0 Å². The highest BCUT2D eigenvalue weighted by molar-refractivity contribution is 6.00. The third-order valence-electron chi connectivity index (χ3n) is 8.05. The summed E-state index contributed by atoms with van der Waals surface area (Å²) in [6.07, 6.45) is 5.91. The molecule has 4 atom stereocenters. The molecule has 2 heterocycles. The highest BCUT2D eigenvalue weighted by atomic mass is 16.3. The van der Waals surface area contributed by atoms with Crippen LogP contribution in [0.4, 0.5) is 0 Å². The molecule has 4 aromatic rings. The predicted molar refractivity (Wildman–Crippen MR) is 163 cm³/mol. The first-order valence-electron chi connectivity index (χ1n) is 14.7. The maximum Gasteiger partial charge on any atom is 0.254 e. The van der Waals surface area contributed by atoms with Crippen LogP contribution < -0.4 is 10.6 Å². The summed E-state index contributed by atoms with van der Waals surface area (Å²) < 4.78 is 0. The van der Waals surface area contributed by atoms with Gasteiger partial charge >= 0.3 is 0 Å². The van der Waals surface area contributed by atoms with Gasteiger partial charge in [0, 0.05) is 42.0 Å². The van der Waals surface area contributed by atoms with Gasteiger partial charge in [0.1, 0.15) is 0 Å². The first kappa shape index (κ1) is 29.2. The van der Waals surface area contributed by atoms with Gasteiger partial charge < -0.3 is 20.6 Å². The van der Waals surface area contributed by atoms with E-state index >= 15 is 0 Å². The van der Waals surface area contributed by atoms with E-state index in [-0.39, 0.29) is 30.4 Å². The number of aromatic amines is 1. The van der Waals surface area contributed by atoms with Gasteiger partial charge in [-0.1, -0.05) is 73.7 Å². The lowest BCUT2D eigenvalue weighted by Gasteiger charge is -2.27. The minimum Gasteiger partial charge on any atom is -0.390 e. The van der Waals surface area contributed by atoms with Crippen molar-refractivity contribution in [3.8, 4) is 0 Å². The van der Waals surface area contributed by atoms with Crippen LogP contribution in [0.15, 0.2) is 97.3 Å². The number of carbonyl (C=O) groups is 2. The van der Waals surface area contributed by atoms with Crippen LogP contribution in [0.5, 0.6) is 0 Å². The second-order valence-electron chi connectivity index (χ2n) is 10.9. The zero-order chi connectivity index (χ0) is 29.3. The molecule has 0 aliphatic carbocycles. The van der Waals surface area contributed by atoms with Crippen LogP contribution in [0.3, 0.4) is 0 Å². The van der Waals surface area contributed by atoms with Gasteiger partial charge in [0.05, 0.1) is 24.4 Å². The van der Waals surface area contributed by atoms with Crippen molar-refractivity contribution in [1.82, 2.24) is 25.7 Å². The summed E-state index contributed by atoms with van der Waals surface area (Å²) >= 11 is 0. The predicted octanol–water partition coefficient (Wildman–Crippen LogP) is 4.83. The third kappa shape index (κ3) is 7.13. The number of amides is 2. The second kappa shape index (κ2) is 14.1. The molecule has 0 saturated carbocycles. The average molecular weight is 566 g/mol. The monoisotopic (exact) mass is 565 g/mol. The number of nitrogens with one attached hydrogen (secondary N) is 3. The van der Waals surface area contributed by atoms with E-state index in [0.717, 1.165) is 36.0 Å². The van der Waals surface area contributed by atoms with Crippen LogP contribution >= 0.6 is 0 Å². The number of rotatable bonds is 12. The van der Waals surface area contributed by atoms with Crippen LogP contribution in [0.2, 0.25) is 0 Å². The summed E-state index contributed by atoms with van der Waals surface area (Å²) in [5.41, 5.74) is 4.02. The highest BCUT2D eigenvalue weighted by Crippen LogP contribution is 2.33. The summed E-state index contributed by atoms with van der Waals surface area (Å²) in [6, 6.07) is 26.3. The number of hydrogen-bond acceptors (Lipinski definition) is 5. The van der Waals surface area contributed by atoms with Crippen molar-refractivity contribution in [1.29, 1.82) is 0 Å². The molecule has 1 aliphatic heterocycles. The molecule has 8 nitrogen and oxygen atoms in total. The van der Waals surface area contributed by atoms with E-state index in [1.807, 2.05) is 59.6 Å². The van der Waals surface area contributed by atoms with E-state index in [9.17, 15) is 14.7 Å². The number of aliphatic hydroxyl groups excluding tert-OH is 1. The van der Waals surface area contributed by atoms with E-state index < -0.39 is 12.1 Å². The molecule has 1 saturated heterocycles. The topological polar surface area (TPSA) is 110 Å². The molecule has 1 aliphatic rings. The number of hydrogen-bond donors (Lipinski definition) is 4. The minimum atomic E-state index is -0.851. The first-order chi connectivity index (χ1) is 20.5. The zero-order valence-corrected chi connectivity index (χ0v) is 23.9. The summed E-state index contributed by atoms with van der Waals surface area (Å²) in [5.74, 6) is -0.404. The fraction of sp³-hybridized carbons (Fsp3) is 0.324. The Bertz CT molecular complexity index is 1430. The molecule has 1 fully saturated rings. The van der Waals surface area contributed by atoms with E-state index in [1.165, 1.54) is 0 Å². The number of nitrogens with zero attached hydrogens (tertiary/aromatic N) is 2. The summed E-state index contributed by atoms with van der Waals surface area (Å²) in [6.45, 7) is 3.04. The molecule has 1 aromatic heterocycles. The maximum atomic E-state index is 13.6. The Morgan fingerprint density at radius 3 is 2.48 bits per heavy atom. The smallest absolute Gasteiger partial charge is 0.254 e. The van der Waals surface area contributed by atoms with Gasteiger partial charge in [-0.2, -0.15) is 5.10 Å². The standard InChI is InChI=1S/C34H39N5O3/c1-2-29(28-21-36-37-22-28)35-23-32(40)30(19-24-11-5-3-6-12-24)38-33(41)26-15-9-16-27(20-26)34(42)39-18-10-17-31(39)25-13-7-4-8-14-25/h3-9,11-16,20-22,29-32,35,40H,2,10,17-19,23H2,1H3,(H,36,37)(H,38,41)/t29?,30-,31?,32+/m0/s1. The van der Waals surface area contributed by atoms with E-state index in [1.54, 1.807) is 30.5 Å². The summed E-state index contributed by atoms with van der Waals surface area (Å²) in [7, 11) is 0. The largest absolute Gasteiger partial charge is 0.390 e. The lowest BCUT2D eigenvalue weighted by molar-refractivity contribution is 0.0735. The van der Waals surface area contributed by atoms with Gasteiger partial charge in [-0.05, 0) is 55.0 Å². The number of carbonyl (C=O) groups excluding carboxylic acids is 2. The molecular weight excluding hydrogens is 526 g/mol. The Kier molecular flexibility index (Phi) is 9.79. The van der Waals surface area contributed by atoms with E-state index in [4.69, 9.17) is 0 Å². The van der Waals surface area contributed by atoms with Crippen LogP contribution in [0, 0.1) is 0 Å². The molecular formula is C34H39N5O3. The van der Waals surface area contributed by atoms with Crippen molar-refractivity contribution < 1.29 is 14.7 Å². The number of likely N-dealkylation sites (tertiary alicyclic amines) is 1. The Hall–Kier alpha value is -4.27. The molecule has 0 spiro atoms. The molecule has 8 heteroatoms. The van der Waals surface area contributed by atoms with Crippen molar-refractivity contribution in [2.45, 2.75) is 56.8 Å². The third-order valence-corrected chi connectivity index (χ3v) is 8.05. The van der Waals surface area contributed by atoms with Gasteiger partial charge in [-0.25, -0.2) is 0 Å². The molecule has 42 heavy (non-hydrogen) atoms. The molecule has 5 rings (SSSR count). The fourth-order valence-electron chi connectivity index (χ4n) is 5.75. The molecule has 218 valence electrons. The Balaban J connectivity index is 1.29. The lowest BCUT2D eigenvalue weighted by atomic mass is 9.99. The summed E-state index contributed by atoms with van der Waals surface area (Å²) in [4.78, 5) is 29.0. The molecule has 2 unspecified atom stereocenters. The summed E-state index contributed by atoms with van der Waals surface area (Å²) in [5, 5.41) is 24.6. The van der Waals surface area contributed by atoms with Crippen molar-refractivity contribution in [2.75, 3.05) is 13.1 Å². The van der Waals surface area contributed by atoms with Gasteiger partial charge in [0.25, 0.3) is 11.8 Å².